The van der Waals surface area contributed by atoms with Crippen LogP contribution in [-0.4, -0.2) is 11.7 Å². The Kier molecular flexibility index (Phi) is 7.77. The molecule has 4 nitrogen and oxygen atoms in total. The zero-order chi connectivity index (χ0) is 24.7. The number of rotatable bonds is 9. The molecule has 1 atom stereocenters. The van der Waals surface area contributed by atoms with E-state index in [2.05, 4.69) is 37.3 Å². The molecule has 1 aliphatic rings. The fourth-order valence-electron chi connectivity index (χ4n) is 4.49. The molecule has 0 saturated carbocycles. The van der Waals surface area contributed by atoms with Gasteiger partial charge >= 0.3 is 0 Å². The maximum Gasteiger partial charge on any atom is 0.135 e. The summed E-state index contributed by atoms with van der Waals surface area (Å²) < 4.78 is 19.0. The van der Waals surface area contributed by atoms with Gasteiger partial charge in [-0.2, -0.15) is 5.26 Å². The van der Waals surface area contributed by atoms with Gasteiger partial charge in [0.05, 0.1) is 17.7 Å². The van der Waals surface area contributed by atoms with Crippen LogP contribution in [0.1, 0.15) is 56.7 Å². The Morgan fingerprint density at radius 1 is 1.03 bits per heavy atom. The Labute approximate surface area is 208 Å². The van der Waals surface area contributed by atoms with Crippen molar-refractivity contribution in [2.24, 2.45) is 0 Å². The van der Waals surface area contributed by atoms with Crippen molar-refractivity contribution in [1.29, 1.82) is 5.26 Å². The lowest BCUT2D eigenvalue weighted by Crippen LogP contribution is -2.32. The van der Waals surface area contributed by atoms with Crippen LogP contribution in [0.4, 0.5) is 0 Å². The highest BCUT2D eigenvalue weighted by molar-refractivity contribution is 5.79. The third kappa shape index (κ3) is 6.67. The molecule has 1 aliphatic heterocycles. The molecule has 0 fully saturated rings. The summed E-state index contributed by atoms with van der Waals surface area (Å²) in [4.78, 5) is 0. The third-order valence-corrected chi connectivity index (χ3v) is 6.10. The van der Waals surface area contributed by atoms with Crippen LogP contribution in [0.2, 0.25) is 0 Å². The number of hydrogen-bond donors (Lipinski definition) is 0. The third-order valence-electron chi connectivity index (χ3n) is 6.10. The molecule has 1 unspecified atom stereocenters. The van der Waals surface area contributed by atoms with Crippen molar-refractivity contribution >= 4 is 5.57 Å². The van der Waals surface area contributed by atoms with Crippen LogP contribution in [0.15, 0.2) is 78.9 Å². The van der Waals surface area contributed by atoms with Gasteiger partial charge < -0.3 is 14.2 Å². The van der Waals surface area contributed by atoms with Crippen LogP contribution in [-0.2, 0) is 13.0 Å². The molecule has 0 amide bonds. The van der Waals surface area contributed by atoms with E-state index in [1.807, 2.05) is 62.4 Å². The fourth-order valence-corrected chi connectivity index (χ4v) is 4.49. The predicted molar refractivity (Wildman–Crippen MR) is 140 cm³/mol. The van der Waals surface area contributed by atoms with Crippen molar-refractivity contribution in [1.82, 2.24) is 0 Å². The summed E-state index contributed by atoms with van der Waals surface area (Å²) in [7, 11) is 0. The van der Waals surface area contributed by atoms with Gasteiger partial charge in [-0.1, -0.05) is 60.7 Å². The molecule has 0 radical (unpaired) electrons. The molecule has 1 heterocycles. The van der Waals surface area contributed by atoms with E-state index < -0.39 is 5.60 Å². The van der Waals surface area contributed by atoms with Crippen molar-refractivity contribution in [2.45, 2.75) is 64.8 Å². The highest BCUT2D eigenvalue weighted by atomic mass is 16.5. The van der Waals surface area contributed by atoms with Gasteiger partial charge in [0, 0.05) is 24.6 Å². The summed E-state index contributed by atoms with van der Waals surface area (Å²) in [6.45, 7) is 6.59. The normalized spacial score (nSPS) is 16.0. The maximum atomic E-state index is 9.42. The summed E-state index contributed by atoms with van der Waals surface area (Å²) in [5.74, 6) is 2.09. The van der Waals surface area contributed by atoms with Gasteiger partial charge in [0.15, 0.2) is 0 Å². The van der Waals surface area contributed by atoms with E-state index in [-0.39, 0.29) is 6.10 Å². The number of allylic oxidation sites excluding steroid dienone is 1. The van der Waals surface area contributed by atoms with Gasteiger partial charge in [0.2, 0.25) is 0 Å². The summed E-state index contributed by atoms with van der Waals surface area (Å²) in [5.41, 5.74) is 3.75. The summed E-state index contributed by atoms with van der Waals surface area (Å²) in [6.07, 6.45) is 5.30. The number of nitriles is 1. The van der Waals surface area contributed by atoms with E-state index >= 15 is 0 Å². The van der Waals surface area contributed by atoms with E-state index in [9.17, 15) is 5.26 Å². The number of hydrogen-bond acceptors (Lipinski definition) is 4. The van der Waals surface area contributed by atoms with E-state index in [1.54, 1.807) is 6.08 Å². The van der Waals surface area contributed by atoms with Crippen molar-refractivity contribution in [2.75, 3.05) is 0 Å². The zero-order valence-electron chi connectivity index (χ0n) is 20.8. The molecule has 3 aromatic rings. The summed E-state index contributed by atoms with van der Waals surface area (Å²) in [6, 6.07) is 26.6. The molecule has 0 saturated heterocycles. The minimum absolute atomic E-state index is 0.0458. The first-order valence-electron chi connectivity index (χ1n) is 12.3. The standard InChI is InChI=1S/C31H33NO3/c1-23(11-10-16-24-12-6-4-7-13-24)34-27-19-28(33-22-25-14-8-5-9-15-25)30-26(17-18-32)21-31(2,3)35-29(30)20-27/h4-9,12-15,17,19-20,23H,10-11,16,21-22H2,1-3H3. The quantitative estimate of drug-likeness (QED) is 0.305. The second kappa shape index (κ2) is 11.1. The van der Waals surface area contributed by atoms with Crippen molar-refractivity contribution in [3.8, 4) is 23.3 Å². The number of aryl methyl sites for hydroxylation is 1. The predicted octanol–water partition coefficient (Wildman–Crippen LogP) is 7.52. The lowest BCUT2D eigenvalue weighted by molar-refractivity contribution is 0.105. The number of ether oxygens (including phenoxy) is 3. The molecule has 4 rings (SSSR count). The molecular formula is C31H33NO3. The van der Waals surface area contributed by atoms with Crippen LogP contribution < -0.4 is 14.2 Å². The molecule has 35 heavy (non-hydrogen) atoms. The Hall–Kier alpha value is -3.71. The van der Waals surface area contributed by atoms with Gasteiger partial charge in [-0.05, 0) is 56.7 Å². The van der Waals surface area contributed by atoms with Gasteiger partial charge in [-0.3, -0.25) is 0 Å². The Morgan fingerprint density at radius 3 is 2.40 bits per heavy atom. The lowest BCUT2D eigenvalue weighted by atomic mass is 9.88. The highest BCUT2D eigenvalue weighted by Crippen LogP contribution is 2.47. The average molecular weight is 468 g/mol. The zero-order valence-corrected chi connectivity index (χ0v) is 20.8. The Bertz CT molecular complexity index is 1190. The van der Waals surface area contributed by atoms with Crippen molar-refractivity contribution in [3.63, 3.8) is 0 Å². The van der Waals surface area contributed by atoms with Gasteiger partial charge in [0.25, 0.3) is 0 Å². The number of fused-ring (bicyclic) bond motifs is 1. The fraction of sp³-hybridized carbons (Fsp3) is 0.323. The highest BCUT2D eigenvalue weighted by Gasteiger charge is 2.33. The minimum atomic E-state index is -0.424. The number of nitrogens with zero attached hydrogens (tertiary/aromatic N) is 1. The molecule has 0 N–H and O–H groups in total. The first-order chi connectivity index (χ1) is 16.9. The van der Waals surface area contributed by atoms with Gasteiger partial charge in [-0.25, -0.2) is 0 Å². The van der Waals surface area contributed by atoms with Crippen molar-refractivity contribution < 1.29 is 14.2 Å². The van der Waals surface area contributed by atoms with Crippen molar-refractivity contribution in [3.05, 3.63) is 95.6 Å². The molecule has 0 spiro atoms. The van der Waals surface area contributed by atoms with E-state index in [1.165, 1.54) is 5.56 Å². The lowest BCUT2D eigenvalue weighted by Gasteiger charge is -2.35. The van der Waals surface area contributed by atoms with E-state index in [0.717, 1.165) is 36.0 Å². The molecule has 0 aromatic heterocycles. The largest absolute Gasteiger partial charge is 0.490 e. The Balaban J connectivity index is 1.55. The first kappa shape index (κ1) is 24.4. The minimum Gasteiger partial charge on any atom is -0.490 e. The van der Waals surface area contributed by atoms with Crippen LogP contribution in [0.25, 0.3) is 5.57 Å². The second-order valence-electron chi connectivity index (χ2n) is 9.71. The second-order valence-corrected chi connectivity index (χ2v) is 9.71. The molecular weight excluding hydrogens is 434 g/mol. The van der Waals surface area contributed by atoms with E-state index in [0.29, 0.717) is 30.3 Å². The average Bonchev–Trinajstić information content (AvgIpc) is 2.83. The topological polar surface area (TPSA) is 51.5 Å². The molecule has 4 heteroatoms. The first-order valence-corrected chi connectivity index (χ1v) is 12.3. The van der Waals surface area contributed by atoms with Gasteiger partial charge in [0.1, 0.15) is 29.5 Å². The SMILES string of the molecule is CC(CCCc1ccccc1)Oc1cc(OCc2ccccc2)c2c(c1)OC(C)(C)CC2=CC#N. The Morgan fingerprint density at radius 2 is 1.71 bits per heavy atom. The van der Waals surface area contributed by atoms with E-state index in [4.69, 9.17) is 14.2 Å². The smallest absolute Gasteiger partial charge is 0.135 e. The summed E-state index contributed by atoms with van der Waals surface area (Å²) in [5, 5.41) is 9.42. The molecule has 3 aromatic carbocycles. The van der Waals surface area contributed by atoms with Crippen LogP contribution in [0, 0.1) is 11.3 Å². The van der Waals surface area contributed by atoms with Crippen LogP contribution >= 0.6 is 0 Å². The molecule has 0 bridgehead atoms. The van der Waals surface area contributed by atoms with Crippen LogP contribution in [0.5, 0.6) is 17.2 Å². The number of benzene rings is 3. The molecule has 180 valence electrons. The molecule has 0 aliphatic carbocycles. The van der Waals surface area contributed by atoms with Gasteiger partial charge in [-0.15, -0.1) is 0 Å². The van der Waals surface area contributed by atoms with Crippen LogP contribution in [0.3, 0.4) is 0 Å². The summed E-state index contributed by atoms with van der Waals surface area (Å²) >= 11 is 0. The maximum absolute atomic E-state index is 9.42. The monoisotopic (exact) mass is 467 g/mol.